The van der Waals surface area contributed by atoms with E-state index in [-0.39, 0.29) is 0 Å². The molecule has 1 unspecified atom stereocenters. The molecule has 0 bridgehead atoms. The highest BCUT2D eigenvalue weighted by Gasteiger charge is 2.20. The van der Waals surface area contributed by atoms with Gasteiger partial charge in [-0.15, -0.1) is 0 Å². The molecule has 1 aliphatic rings. The van der Waals surface area contributed by atoms with Gasteiger partial charge in [0.2, 0.25) is 0 Å². The van der Waals surface area contributed by atoms with Crippen LogP contribution < -0.4 is 0 Å². The number of ether oxygens (including phenoxy) is 1. The lowest BCUT2D eigenvalue weighted by atomic mass is 10.2. The molecule has 0 spiro atoms. The van der Waals surface area contributed by atoms with Crippen molar-refractivity contribution in [3.63, 3.8) is 0 Å². The molecule has 0 N–H and O–H groups in total. The van der Waals surface area contributed by atoms with Gasteiger partial charge in [0.15, 0.2) is 0 Å². The number of epoxide rings is 1. The van der Waals surface area contributed by atoms with Gasteiger partial charge in [-0.3, -0.25) is 0 Å². The molecule has 0 aromatic rings. The van der Waals surface area contributed by atoms with Gasteiger partial charge in [-0.25, -0.2) is 0 Å². The van der Waals surface area contributed by atoms with Crippen molar-refractivity contribution < 1.29 is 4.74 Å². The zero-order chi connectivity index (χ0) is 5.82. The highest BCUT2D eigenvalue weighted by molar-refractivity contribution is 4.68. The monoisotopic (exact) mass is 113 g/mol. The predicted octanol–water partition coefficient (Wildman–Crippen LogP) is 1.78. The van der Waals surface area contributed by atoms with E-state index < -0.39 is 0 Å². The largest absolute Gasteiger partial charge is 0.373 e. The Morgan fingerprint density at radius 2 is 2.25 bits per heavy atom. The van der Waals surface area contributed by atoms with E-state index in [0.29, 0.717) is 6.10 Å². The summed E-state index contributed by atoms with van der Waals surface area (Å²) in [6.07, 6.45) is 5.53. The topological polar surface area (TPSA) is 12.5 Å². The maximum Gasteiger partial charge on any atom is 0.0810 e. The molecule has 1 nitrogen and oxygen atoms in total. The van der Waals surface area contributed by atoms with Crippen molar-refractivity contribution in [1.82, 2.24) is 0 Å². The summed E-state index contributed by atoms with van der Waals surface area (Å²) >= 11 is 0. The fourth-order valence-electron chi connectivity index (χ4n) is 0.783. The Labute approximate surface area is 51.0 Å². The van der Waals surface area contributed by atoms with E-state index in [2.05, 4.69) is 6.92 Å². The molecule has 0 aromatic heterocycles. The van der Waals surface area contributed by atoms with Crippen LogP contribution in [-0.4, -0.2) is 12.7 Å². The molecule has 0 aliphatic carbocycles. The van der Waals surface area contributed by atoms with Gasteiger partial charge in [0.1, 0.15) is 0 Å². The lowest BCUT2D eigenvalue weighted by Crippen LogP contribution is -1.83. The SMILES string of the molecule is [CH2]CCCCC1CO1. The van der Waals surface area contributed by atoms with Crippen molar-refractivity contribution in [2.24, 2.45) is 0 Å². The third-order valence-corrected chi connectivity index (χ3v) is 1.43. The summed E-state index contributed by atoms with van der Waals surface area (Å²) in [6.45, 7) is 4.77. The fraction of sp³-hybridized carbons (Fsp3) is 0.857. The minimum Gasteiger partial charge on any atom is -0.373 e. The summed E-state index contributed by atoms with van der Waals surface area (Å²) < 4.78 is 5.03. The van der Waals surface area contributed by atoms with Crippen molar-refractivity contribution >= 4 is 0 Å². The summed E-state index contributed by atoms with van der Waals surface area (Å²) in [5, 5.41) is 0. The number of hydrogen-bond donors (Lipinski definition) is 0. The standard InChI is InChI=1S/C7H13O/c1-2-3-4-5-7-6-8-7/h7H,1-6H2. The highest BCUT2D eigenvalue weighted by atomic mass is 16.6. The van der Waals surface area contributed by atoms with Gasteiger partial charge in [0.25, 0.3) is 0 Å². The second kappa shape index (κ2) is 3.08. The summed E-state index contributed by atoms with van der Waals surface area (Å²) in [5.41, 5.74) is 0. The minimum atomic E-state index is 0.626. The smallest absolute Gasteiger partial charge is 0.0810 e. The molecule has 1 rings (SSSR count). The van der Waals surface area contributed by atoms with Crippen LogP contribution in [0.1, 0.15) is 25.7 Å². The van der Waals surface area contributed by atoms with Gasteiger partial charge < -0.3 is 4.74 Å². The normalized spacial score (nSPS) is 25.9. The lowest BCUT2D eigenvalue weighted by Gasteiger charge is -1.90. The summed E-state index contributed by atoms with van der Waals surface area (Å²) in [4.78, 5) is 0. The molecule has 1 saturated heterocycles. The van der Waals surface area contributed by atoms with E-state index in [4.69, 9.17) is 4.74 Å². The third kappa shape index (κ3) is 2.31. The second-order valence-electron chi connectivity index (χ2n) is 2.30. The van der Waals surface area contributed by atoms with Crippen LogP contribution in [0.2, 0.25) is 0 Å². The molecular weight excluding hydrogens is 100 g/mol. The summed E-state index contributed by atoms with van der Waals surface area (Å²) in [7, 11) is 0. The molecule has 1 heteroatoms. The molecule has 0 saturated carbocycles. The first-order valence-electron chi connectivity index (χ1n) is 3.34. The van der Waals surface area contributed by atoms with Gasteiger partial charge in [-0.1, -0.05) is 26.2 Å². The van der Waals surface area contributed by atoms with Crippen LogP contribution in [-0.2, 0) is 4.74 Å². The number of hydrogen-bond acceptors (Lipinski definition) is 1. The van der Waals surface area contributed by atoms with Crippen LogP contribution in [0.4, 0.5) is 0 Å². The molecule has 1 atom stereocenters. The highest BCUT2D eigenvalue weighted by Crippen LogP contribution is 2.16. The van der Waals surface area contributed by atoms with Crippen molar-refractivity contribution in [2.45, 2.75) is 31.8 Å². The molecule has 1 radical (unpaired) electrons. The molecule has 8 heavy (non-hydrogen) atoms. The number of rotatable bonds is 4. The van der Waals surface area contributed by atoms with Crippen molar-refractivity contribution in [3.05, 3.63) is 6.92 Å². The van der Waals surface area contributed by atoms with Crippen molar-refractivity contribution in [1.29, 1.82) is 0 Å². The van der Waals surface area contributed by atoms with E-state index in [9.17, 15) is 0 Å². The lowest BCUT2D eigenvalue weighted by molar-refractivity contribution is 0.390. The maximum atomic E-state index is 5.03. The van der Waals surface area contributed by atoms with Gasteiger partial charge in [0.05, 0.1) is 12.7 Å². The Hall–Kier alpha value is -0.0400. The summed E-state index contributed by atoms with van der Waals surface area (Å²) in [6, 6.07) is 0. The molecular formula is C7H13O. The zero-order valence-electron chi connectivity index (χ0n) is 5.23. The average Bonchev–Trinajstić information content (AvgIpc) is 2.51. The first-order valence-corrected chi connectivity index (χ1v) is 3.34. The van der Waals surface area contributed by atoms with Crippen molar-refractivity contribution in [2.75, 3.05) is 6.61 Å². The van der Waals surface area contributed by atoms with E-state index in [1.54, 1.807) is 0 Å². The first kappa shape index (κ1) is 6.09. The molecule has 1 heterocycles. The predicted molar refractivity (Wildman–Crippen MR) is 33.6 cm³/mol. The Balaban J connectivity index is 1.74. The molecule has 0 aromatic carbocycles. The van der Waals surface area contributed by atoms with E-state index in [1.807, 2.05) is 0 Å². The second-order valence-corrected chi connectivity index (χ2v) is 2.30. The quantitative estimate of drug-likeness (QED) is 0.400. The van der Waals surface area contributed by atoms with Crippen LogP contribution in [0.25, 0.3) is 0 Å². The molecule has 1 aliphatic heterocycles. The van der Waals surface area contributed by atoms with Crippen LogP contribution in [0.3, 0.4) is 0 Å². The van der Waals surface area contributed by atoms with Crippen LogP contribution in [0, 0.1) is 6.92 Å². The molecule has 47 valence electrons. The first-order chi connectivity index (χ1) is 3.93. The van der Waals surface area contributed by atoms with E-state index in [0.717, 1.165) is 13.0 Å². The van der Waals surface area contributed by atoms with E-state index >= 15 is 0 Å². The van der Waals surface area contributed by atoms with Gasteiger partial charge in [-0.2, -0.15) is 0 Å². The van der Waals surface area contributed by atoms with Gasteiger partial charge >= 0.3 is 0 Å². The molecule has 1 fully saturated rings. The Morgan fingerprint density at radius 3 is 2.75 bits per heavy atom. The van der Waals surface area contributed by atoms with Gasteiger partial charge in [-0.05, 0) is 6.42 Å². The van der Waals surface area contributed by atoms with Crippen LogP contribution in [0.5, 0.6) is 0 Å². The van der Waals surface area contributed by atoms with Gasteiger partial charge in [0, 0.05) is 0 Å². The maximum absolute atomic E-state index is 5.03. The van der Waals surface area contributed by atoms with Crippen LogP contribution >= 0.6 is 0 Å². The third-order valence-electron chi connectivity index (χ3n) is 1.43. The minimum absolute atomic E-state index is 0.626. The molecule has 0 amide bonds. The fourth-order valence-corrected chi connectivity index (χ4v) is 0.783. The zero-order valence-corrected chi connectivity index (χ0v) is 5.23. The number of unbranched alkanes of at least 4 members (excludes halogenated alkanes) is 2. The average molecular weight is 113 g/mol. The summed E-state index contributed by atoms with van der Waals surface area (Å²) in [5.74, 6) is 0. The Morgan fingerprint density at radius 1 is 1.50 bits per heavy atom. The Bertz CT molecular complexity index is 57.4. The van der Waals surface area contributed by atoms with Crippen molar-refractivity contribution in [3.8, 4) is 0 Å². The van der Waals surface area contributed by atoms with E-state index in [1.165, 1.54) is 19.3 Å². The Kier molecular flexibility index (Phi) is 2.34. The van der Waals surface area contributed by atoms with Crippen LogP contribution in [0.15, 0.2) is 0 Å².